The molecule has 1 aromatic heterocycles. The number of halogens is 1. The summed E-state index contributed by atoms with van der Waals surface area (Å²) in [6.45, 7) is 8.10. The Labute approximate surface area is 117 Å². The number of benzene rings is 1. The van der Waals surface area contributed by atoms with Gasteiger partial charge in [0.2, 0.25) is 0 Å². The van der Waals surface area contributed by atoms with Crippen LogP contribution in [0.3, 0.4) is 0 Å². The summed E-state index contributed by atoms with van der Waals surface area (Å²) in [5.74, 6) is 0. The predicted molar refractivity (Wildman–Crippen MR) is 74.7 cm³/mol. The molecule has 0 N–H and O–H groups in total. The van der Waals surface area contributed by atoms with Crippen molar-refractivity contribution >= 4 is 35.2 Å². The molecule has 0 bridgehead atoms. The highest BCUT2D eigenvalue weighted by molar-refractivity contribution is 6.62. The van der Waals surface area contributed by atoms with E-state index in [2.05, 4.69) is 5.16 Å². The highest BCUT2D eigenvalue weighted by Gasteiger charge is 2.51. The standard InChI is InChI=1S/C13H15BClNO3/c1-12(2)13(3,4)19-14(18-12)8-5-6-10-9(7-8)11(15)16-17-10/h5-7H,1-4H3. The van der Waals surface area contributed by atoms with Crippen LogP contribution in [0.4, 0.5) is 0 Å². The lowest BCUT2D eigenvalue weighted by Gasteiger charge is -2.32. The van der Waals surface area contributed by atoms with Gasteiger partial charge in [0.15, 0.2) is 10.7 Å². The molecular weight excluding hydrogens is 264 g/mol. The van der Waals surface area contributed by atoms with Crippen molar-refractivity contribution in [1.82, 2.24) is 5.16 Å². The summed E-state index contributed by atoms with van der Waals surface area (Å²) in [6, 6.07) is 5.64. The van der Waals surface area contributed by atoms with Crippen LogP contribution in [-0.4, -0.2) is 23.5 Å². The fourth-order valence-corrected chi connectivity index (χ4v) is 2.23. The van der Waals surface area contributed by atoms with E-state index in [0.29, 0.717) is 10.7 Å². The quantitative estimate of drug-likeness (QED) is 0.753. The van der Waals surface area contributed by atoms with E-state index in [-0.39, 0.29) is 11.2 Å². The monoisotopic (exact) mass is 279 g/mol. The van der Waals surface area contributed by atoms with Crippen LogP contribution < -0.4 is 5.46 Å². The second-order valence-corrected chi connectivity index (χ2v) is 6.18. The molecule has 19 heavy (non-hydrogen) atoms. The van der Waals surface area contributed by atoms with Crippen molar-refractivity contribution in [3.05, 3.63) is 23.4 Å². The van der Waals surface area contributed by atoms with Gasteiger partial charge in [0.1, 0.15) is 0 Å². The molecule has 2 heterocycles. The third-order valence-electron chi connectivity index (χ3n) is 3.98. The molecule has 0 aliphatic carbocycles. The molecule has 0 atom stereocenters. The topological polar surface area (TPSA) is 44.5 Å². The van der Waals surface area contributed by atoms with E-state index in [0.717, 1.165) is 10.8 Å². The molecule has 100 valence electrons. The molecule has 1 saturated heterocycles. The van der Waals surface area contributed by atoms with Crippen LogP contribution >= 0.6 is 11.6 Å². The van der Waals surface area contributed by atoms with E-state index in [1.165, 1.54) is 0 Å². The number of hydrogen-bond donors (Lipinski definition) is 0. The van der Waals surface area contributed by atoms with Crippen molar-refractivity contribution in [3.63, 3.8) is 0 Å². The Morgan fingerprint density at radius 1 is 1.11 bits per heavy atom. The van der Waals surface area contributed by atoms with Crippen LogP contribution in [0.5, 0.6) is 0 Å². The molecule has 0 radical (unpaired) electrons. The van der Waals surface area contributed by atoms with Crippen LogP contribution in [0.1, 0.15) is 27.7 Å². The lowest BCUT2D eigenvalue weighted by molar-refractivity contribution is 0.00578. The maximum absolute atomic E-state index is 6.00. The molecule has 1 aliphatic heterocycles. The van der Waals surface area contributed by atoms with E-state index in [1.54, 1.807) is 0 Å². The summed E-state index contributed by atoms with van der Waals surface area (Å²) in [7, 11) is -0.402. The molecule has 4 nitrogen and oxygen atoms in total. The van der Waals surface area contributed by atoms with Crippen molar-refractivity contribution in [2.45, 2.75) is 38.9 Å². The molecule has 2 aromatic rings. The average Bonchev–Trinajstić information content (AvgIpc) is 2.78. The highest BCUT2D eigenvalue weighted by Crippen LogP contribution is 2.36. The Morgan fingerprint density at radius 2 is 1.74 bits per heavy atom. The first kappa shape index (κ1) is 13.0. The van der Waals surface area contributed by atoms with Gasteiger partial charge in [0.25, 0.3) is 0 Å². The van der Waals surface area contributed by atoms with Gasteiger partial charge < -0.3 is 13.8 Å². The third-order valence-corrected chi connectivity index (χ3v) is 4.25. The molecule has 0 unspecified atom stereocenters. The minimum Gasteiger partial charge on any atom is -0.399 e. The molecule has 1 fully saturated rings. The van der Waals surface area contributed by atoms with Gasteiger partial charge in [-0.05, 0) is 45.3 Å². The van der Waals surface area contributed by atoms with E-state index >= 15 is 0 Å². The lowest BCUT2D eigenvalue weighted by Crippen LogP contribution is -2.41. The van der Waals surface area contributed by atoms with Crippen molar-refractivity contribution in [2.24, 2.45) is 0 Å². The largest absolute Gasteiger partial charge is 0.494 e. The zero-order chi connectivity index (χ0) is 13.8. The fraction of sp³-hybridized carbons (Fsp3) is 0.462. The van der Waals surface area contributed by atoms with Crippen LogP contribution in [0, 0.1) is 0 Å². The molecule has 1 aliphatic rings. The van der Waals surface area contributed by atoms with Gasteiger partial charge in [-0.25, -0.2) is 0 Å². The molecule has 3 rings (SSSR count). The summed E-state index contributed by atoms with van der Waals surface area (Å²) in [5.41, 5.74) is 0.859. The molecule has 0 saturated carbocycles. The maximum Gasteiger partial charge on any atom is 0.494 e. The summed E-state index contributed by atoms with van der Waals surface area (Å²) in [4.78, 5) is 0. The van der Waals surface area contributed by atoms with Crippen molar-refractivity contribution in [3.8, 4) is 0 Å². The van der Waals surface area contributed by atoms with Gasteiger partial charge in [-0.2, -0.15) is 0 Å². The predicted octanol–water partition coefficient (Wildman–Crippen LogP) is 2.78. The van der Waals surface area contributed by atoms with Gasteiger partial charge in [0, 0.05) is 0 Å². The van der Waals surface area contributed by atoms with Crippen LogP contribution in [0.2, 0.25) is 5.15 Å². The van der Waals surface area contributed by atoms with E-state index in [4.69, 9.17) is 25.4 Å². The molecule has 0 amide bonds. The summed E-state index contributed by atoms with van der Waals surface area (Å²) in [5, 5.41) is 4.86. The summed E-state index contributed by atoms with van der Waals surface area (Å²) >= 11 is 5.98. The Hall–Kier alpha value is -1.04. The van der Waals surface area contributed by atoms with Crippen LogP contribution in [-0.2, 0) is 9.31 Å². The maximum atomic E-state index is 6.00. The van der Waals surface area contributed by atoms with Gasteiger partial charge in [-0.15, -0.1) is 0 Å². The van der Waals surface area contributed by atoms with E-state index in [1.807, 2.05) is 45.9 Å². The zero-order valence-corrected chi connectivity index (χ0v) is 12.1. The minimum atomic E-state index is -0.402. The van der Waals surface area contributed by atoms with Gasteiger partial charge in [0.05, 0.1) is 16.6 Å². The number of hydrogen-bond acceptors (Lipinski definition) is 4. The van der Waals surface area contributed by atoms with Gasteiger partial charge in [-0.3, -0.25) is 0 Å². The number of rotatable bonds is 1. The minimum absolute atomic E-state index is 0.355. The molecule has 1 aromatic carbocycles. The molecular formula is C13H15BClNO3. The molecule has 6 heteroatoms. The van der Waals surface area contributed by atoms with Crippen LogP contribution in [0.25, 0.3) is 11.0 Å². The smallest absolute Gasteiger partial charge is 0.399 e. The fourth-order valence-electron chi connectivity index (χ4n) is 2.05. The number of aromatic nitrogens is 1. The number of nitrogens with zero attached hydrogens (tertiary/aromatic N) is 1. The van der Waals surface area contributed by atoms with Crippen molar-refractivity contribution in [1.29, 1.82) is 0 Å². The first-order valence-corrected chi connectivity index (χ1v) is 6.58. The first-order chi connectivity index (χ1) is 8.80. The third kappa shape index (κ3) is 1.97. The summed E-state index contributed by atoms with van der Waals surface area (Å²) < 4.78 is 17.1. The Balaban J connectivity index is 2.00. The average molecular weight is 280 g/mol. The lowest BCUT2D eigenvalue weighted by atomic mass is 9.79. The van der Waals surface area contributed by atoms with Gasteiger partial charge in [-0.1, -0.05) is 22.8 Å². The van der Waals surface area contributed by atoms with E-state index < -0.39 is 7.12 Å². The zero-order valence-electron chi connectivity index (χ0n) is 11.4. The highest BCUT2D eigenvalue weighted by atomic mass is 35.5. The Bertz CT molecular complexity index is 622. The van der Waals surface area contributed by atoms with Crippen molar-refractivity contribution < 1.29 is 13.8 Å². The normalized spacial score (nSPS) is 21.2. The second kappa shape index (κ2) is 3.98. The Morgan fingerprint density at radius 3 is 2.37 bits per heavy atom. The Kier molecular flexibility index (Phi) is 2.72. The number of fused-ring (bicyclic) bond motifs is 1. The van der Waals surface area contributed by atoms with Crippen molar-refractivity contribution in [2.75, 3.05) is 0 Å². The van der Waals surface area contributed by atoms with E-state index in [9.17, 15) is 0 Å². The summed E-state index contributed by atoms with van der Waals surface area (Å²) in [6.07, 6.45) is 0. The second-order valence-electron chi connectivity index (χ2n) is 5.82. The molecule has 0 spiro atoms. The first-order valence-electron chi connectivity index (χ1n) is 6.21. The van der Waals surface area contributed by atoms with Gasteiger partial charge >= 0.3 is 7.12 Å². The SMILES string of the molecule is CC1(C)OB(c2ccc3onc(Cl)c3c2)OC1(C)C. The van der Waals surface area contributed by atoms with Crippen LogP contribution in [0.15, 0.2) is 22.7 Å².